The van der Waals surface area contributed by atoms with E-state index in [2.05, 4.69) is 5.10 Å². The summed E-state index contributed by atoms with van der Waals surface area (Å²) in [7, 11) is 3.60. The summed E-state index contributed by atoms with van der Waals surface area (Å²) in [6.45, 7) is 1.75. The van der Waals surface area contributed by atoms with Gasteiger partial charge in [0, 0.05) is 31.7 Å². The van der Waals surface area contributed by atoms with E-state index in [1.165, 1.54) is 0 Å². The monoisotopic (exact) mass is 389 g/mol. The first-order chi connectivity index (χ1) is 13.1. The van der Waals surface area contributed by atoms with Crippen LogP contribution in [0.2, 0.25) is 5.02 Å². The van der Waals surface area contributed by atoms with Crippen molar-refractivity contribution in [2.75, 3.05) is 33.9 Å². The molecule has 2 aromatic rings. The van der Waals surface area contributed by atoms with Gasteiger partial charge < -0.3 is 9.15 Å². The number of carbonyl (C=O) groups is 1. The van der Waals surface area contributed by atoms with Gasteiger partial charge in [-0.2, -0.15) is 5.10 Å². The molecule has 0 bridgehead atoms. The molecule has 0 radical (unpaired) electrons. The van der Waals surface area contributed by atoms with Gasteiger partial charge in [-0.1, -0.05) is 23.7 Å². The molecule has 3 rings (SSSR count). The molecule has 1 atom stereocenters. The number of ether oxygens (including phenoxy) is 1. The summed E-state index contributed by atoms with van der Waals surface area (Å²) in [4.78, 5) is 14.9. The van der Waals surface area contributed by atoms with Gasteiger partial charge in [0.2, 0.25) is 0 Å². The van der Waals surface area contributed by atoms with Crippen molar-refractivity contribution in [3.05, 3.63) is 59.0 Å². The normalized spacial score (nSPS) is 16.8. The number of hydrazone groups is 1. The van der Waals surface area contributed by atoms with E-state index in [4.69, 9.17) is 20.8 Å². The average Bonchev–Trinajstić information content (AvgIpc) is 3.32. The maximum Gasteiger partial charge on any atom is 0.257 e. The maximum absolute atomic E-state index is 12.9. The molecule has 1 aliphatic heterocycles. The van der Waals surface area contributed by atoms with Gasteiger partial charge in [-0.05, 0) is 43.3 Å². The predicted octanol–water partition coefficient (Wildman–Crippen LogP) is 3.58. The summed E-state index contributed by atoms with van der Waals surface area (Å²) in [5.74, 6) is 0.679. The summed E-state index contributed by atoms with van der Waals surface area (Å²) in [5, 5.41) is 6.84. The van der Waals surface area contributed by atoms with E-state index in [1.54, 1.807) is 18.4 Å². The highest BCUT2D eigenvalue weighted by atomic mass is 35.5. The van der Waals surface area contributed by atoms with Crippen LogP contribution in [-0.4, -0.2) is 55.4 Å². The highest BCUT2D eigenvalue weighted by molar-refractivity contribution is 6.30. The topological polar surface area (TPSA) is 58.3 Å². The van der Waals surface area contributed by atoms with Crippen molar-refractivity contribution in [2.45, 2.75) is 18.9 Å². The Balaban J connectivity index is 1.75. The zero-order valence-corrected chi connectivity index (χ0v) is 16.4. The first-order valence-corrected chi connectivity index (χ1v) is 9.32. The Labute approximate surface area is 164 Å². The average molecular weight is 390 g/mol. The van der Waals surface area contributed by atoms with E-state index in [0.717, 1.165) is 30.0 Å². The molecule has 0 aliphatic carbocycles. The van der Waals surface area contributed by atoms with Gasteiger partial charge in [0.1, 0.15) is 11.8 Å². The van der Waals surface area contributed by atoms with Crippen LogP contribution in [0, 0.1) is 0 Å². The zero-order chi connectivity index (χ0) is 19.2. The molecule has 0 spiro atoms. The zero-order valence-electron chi connectivity index (χ0n) is 15.6. The van der Waals surface area contributed by atoms with Gasteiger partial charge in [-0.25, -0.2) is 5.01 Å². The second-order valence-corrected chi connectivity index (χ2v) is 7.05. The predicted molar refractivity (Wildman–Crippen MR) is 105 cm³/mol. The van der Waals surface area contributed by atoms with Crippen LogP contribution in [0.15, 0.2) is 52.2 Å². The molecule has 1 unspecified atom stereocenters. The lowest BCUT2D eigenvalue weighted by atomic mass is 10.0. The minimum atomic E-state index is -0.231. The third-order valence-corrected chi connectivity index (χ3v) is 4.76. The molecule has 1 aromatic carbocycles. The molecule has 144 valence electrons. The number of furan rings is 1. The lowest BCUT2D eigenvalue weighted by Crippen LogP contribution is -2.37. The van der Waals surface area contributed by atoms with Crippen LogP contribution in [0.1, 0.15) is 30.2 Å². The van der Waals surface area contributed by atoms with Crippen molar-refractivity contribution < 1.29 is 13.9 Å². The van der Waals surface area contributed by atoms with Gasteiger partial charge in [0.15, 0.2) is 0 Å². The van der Waals surface area contributed by atoms with Gasteiger partial charge in [0.25, 0.3) is 5.91 Å². The Morgan fingerprint density at radius 3 is 2.81 bits per heavy atom. The van der Waals surface area contributed by atoms with Crippen LogP contribution in [0.4, 0.5) is 0 Å². The van der Waals surface area contributed by atoms with Crippen molar-refractivity contribution in [3.8, 4) is 0 Å². The number of halogens is 1. The molecule has 0 saturated heterocycles. The van der Waals surface area contributed by atoms with E-state index in [9.17, 15) is 4.79 Å². The highest BCUT2D eigenvalue weighted by Gasteiger charge is 2.35. The quantitative estimate of drug-likeness (QED) is 0.647. The number of methoxy groups -OCH3 is 1. The minimum Gasteiger partial charge on any atom is -0.467 e. The second kappa shape index (κ2) is 9.17. The molecule has 0 saturated carbocycles. The van der Waals surface area contributed by atoms with E-state index < -0.39 is 0 Å². The fraction of sp³-hybridized carbons (Fsp3) is 0.400. The van der Waals surface area contributed by atoms with Crippen LogP contribution in [0.25, 0.3) is 0 Å². The molecule has 1 aliphatic rings. The highest BCUT2D eigenvalue weighted by Crippen LogP contribution is 2.33. The molecule has 0 fully saturated rings. The molecule has 1 amide bonds. The third-order valence-electron chi connectivity index (χ3n) is 4.51. The third kappa shape index (κ3) is 4.97. The maximum atomic E-state index is 12.9. The number of benzene rings is 1. The van der Waals surface area contributed by atoms with Crippen molar-refractivity contribution in [1.29, 1.82) is 0 Å². The van der Waals surface area contributed by atoms with Crippen molar-refractivity contribution >= 4 is 23.2 Å². The molecule has 1 aromatic heterocycles. The summed E-state index contributed by atoms with van der Waals surface area (Å²) in [5.41, 5.74) is 1.81. The van der Waals surface area contributed by atoms with E-state index in [0.29, 0.717) is 24.6 Å². The summed E-state index contributed by atoms with van der Waals surface area (Å²) < 4.78 is 10.6. The number of hydrogen-bond acceptors (Lipinski definition) is 5. The molecular formula is C20H24ClN3O3. The van der Waals surface area contributed by atoms with Crippen LogP contribution in [0.5, 0.6) is 0 Å². The summed E-state index contributed by atoms with van der Waals surface area (Å²) in [6, 6.07) is 11.0. The van der Waals surface area contributed by atoms with Crippen LogP contribution in [0.3, 0.4) is 0 Å². The lowest BCUT2D eigenvalue weighted by Gasteiger charge is -2.23. The van der Waals surface area contributed by atoms with E-state index >= 15 is 0 Å². The Morgan fingerprint density at radius 1 is 1.37 bits per heavy atom. The van der Waals surface area contributed by atoms with Gasteiger partial charge in [-0.15, -0.1) is 0 Å². The first kappa shape index (κ1) is 19.6. The number of likely N-dealkylation sites (N-methyl/N-ethyl adjacent to an activating group) is 1. The van der Waals surface area contributed by atoms with Crippen molar-refractivity contribution in [3.63, 3.8) is 0 Å². The van der Waals surface area contributed by atoms with E-state index in [-0.39, 0.29) is 11.9 Å². The Bertz CT molecular complexity index is 774. The number of hydrogen-bond donors (Lipinski definition) is 0. The number of rotatable bonds is 8. The van der Waals surface area contributed by atoms with Crippen molar-refractivity contribution in [1.82, 2.24) is 9.91 Å². The van der Waals surface area contributed by atoms with Gasteiger partial charge >= 0.3 is 0 Å². The molecular weight excluding hydrogens is 366 g/mol. The fourth-order valence-corrected chi connectivity index (χ4v) is 3.25. The molecule has 2 heterocycles. The number of amides is 1. The van der Waals surface area contributed by atoms with Gasteiger partial charge in [-0.3, -0.25) is 9.69 Å². The molecule has 6 nitrogen and oxygen atoms in total. The standard InChI is InChI=1S/C20H24ClN3O3/c1-23(10-4-11-26-2)14-20(25)24-18(19-5-3-12-27-19)13-17(22-24)15-6-8-16(21)9-7-15/h3,5-9,12,18H,4,10-11,13-14H2,1-2H3. The Hall–Kier alpha value is -2.15. The Kier molecular flexibility index (Phi) is 6.66. The molecule has 7 heteroatoms. The number of carbonyl (C=O) groups excluding carboxylic acids is 1. The van der Waals surface area contributed by atoms with E-state index in [1.807, 2.05) is 48.3 Å². The van der Waals surface area contributed by atoms with Crippen molar-refractivity contribution in [2.24, 2.45) is 5.10 Å². The van der Waals surface area contributed by atoms with Crippen LogP contribution >= 0.6 is 11.6 Å². The SMILES string of the molecule is COCCCN(C)CC(=O)N1N=C(c2ccc(Cl)cc2)CC1c1ccco1. The lowest BCUT2D eigenvalue weighted by molar-refractivity contribution is -0.134. The first-order valence-electron chi connectivity index (χ1n) is 8.95. The Morgan fingerprint density at radius 2 is 2.15 bits per heavy atom. The van der Waals surface area contributed by atoms with Crippen LogP contribution < -0.4 is 0 Å². The van der Waals surface area contributed by atoms with Gasteiger partial charge in [0.05, 0.1) is 18.5 Å². The summed E-state index contributed by atoms with van der Waals surface area (Å²) in [6.07, 6.45) is 3.10. The minimum absolute atomic E-state index is 0.0553. The van der Waals surface area contributed by atoms with Crippen LogP contribution in [-0.2, 0) is 9.53 Å². The number of nitrogens with zero attached hydrogens (tertiary/aromatic N) is 3. The molecule has 0 N–H and O–H groups in total. The largest absolute Gasteiger partial charge is 0.467 e. The smallest absolute Gasteiger partial charge is 0.257 e. The molecule has 27 heavy (non-hydrogen) atoms. The fourth-order valence-electron chi connectivity index (χ4n) is 3.12. The summed E-state index contributed by atoms with van der Waals surface area (Å²) >= 11 is 5.98. The second-order valence-electron chi connectivity index (χ2n) is 6.61.